The lowest BCUT2D eigenvalue weighted by molar-refractivity contribution is 0.0696. The highest BCUT2D eigenvalue weighted by molar-refractivity contribution is 9.10. The van der Waals surface area contributed by atoms with Gasteiger partial charge in [0, 0.05) is 4.47 Å². The number of hydrogen-bond donors (Lipinski definition) is 2. The molecule has 0 fully saturated rings. The number of carbonyl (C=O) groups is 1. The van der Waals surface area contributed by atoms with E-state index in [2.05, 4.69) is 20.7 Å². The van der Waals surface area contributed by atoms with Crippen LogP contribution in [0.1, 0.15) is 10.4 Å². The summed E-state index contributed by atoms with van der Waals surface area (Å²) in [6.07, 6.45) is 0. The first-order chi connectivity index (χ1) is 9.79. The molecule has 0 unspecified atom stereocenters. The first-order valence-corrected chi connectivity index (χ1v) is 7.88. The number of halogens is 2. The molecule has 110 valence electrons. The molecule has 21 heavy (non-hydrogen) atoms. The van der Waals surface area contributed by atoms with E-state index in [1.54, 1.807) is 6.07 Å². The Morgan fingerprint density at radius 3 is 2.48 bits per heavy atom. The van der Waals surface area contributed by atoms with Gasteiger partial charge in [0.05, 0.1) is 16.1 Å². The molecule has 0 aliphatic heterocycles. The molecule has 5 nitrogen and oxygen atoms in total. The van der Waals surface area contributed by atoms with Crippen molar-refractivity contribution in [2.75, 3.05) is 4.72 Å². The average molecular weight is 374 g/mol. The second kappa shape index (κ2) is 5.82. The molecule has 0 atom stereocenters. The van der Waals surface area contributed by atoms with E-state index in [1.807, 2.05) is 0 Å². The van der Waals surface area contributed by atoms with E-state index in [1.165, 1.54) is 18.2 Å². The van der Waals surface area contributed by atoms with Gasteiger partial charge in [-0.1, -0.05) is 22.0 Å². The number of anilines is 1. The van der Waals surface area contributed by atoms with Crippen molar-refractivity contribution >= 4 is 37.6 Å². The van der Waals surface area contributed by atoms with Crippen molar-refractivity contribution in [1.29, 1.82) is 0 Å². The summed E-state index contributed by atoms with van der Waals surface area (Å²) in [4.78, 5) is 10.7. The van der Waals surface area contributed by atoms with Gasteiger partial charge in [0.25, 0.3) is 10.0 Å². The summed E-state index contributed by atoms with van der Waals surface area (Å²) in [6, 6.07) is 8.84. The maximum atomic E-state index is 13.7. The molecule has 0 bridgehead atoms. The van der Waals surface area contributed by atoms with Gasteiger partial charge in [0.2, 0.25) is 0 Å². The number of carboxylic acids is 1. The predicted octanol–water partition coefficient (Wildman–Crippen LogP) is 3.09. The molecule has 0 spiro atoms. The summed E-state index contributed by atoms with van der Waals surface area (Å²) >= 11 is 3.15. The number of benzene rings is 2. The van der Waals surface area contributed by atoms with Crippen LogP contribution in [0.25, 0.3) is 0 Å². The summed E-state index contributed by atoms with van der Waals surface area (Å²) in [5.74, 6) is -2.26. The first-order valence-electron chi connectivity index (χ1n) is 5.61. The molecule has 0 heterocycles. The Morgan fingerprint density at radius 1 is 1.19 bits per heavy atom. The zero-order valence-corrected chi connectivity index (χ0v) is 12.8. The maximum Gasteiger partial charge on any atom is 0.335 e. The number of rotatable bonds is 4. The fourth-order valence-electron chi connectivity index (χ4n) is 1.57. The molecular weight excluding hydrogens is 365 g/mol. The van der Waals surface area contributed by atoms with Crippen LogP contribution in [0, 0.1) is 5.82 Å². The van der Waals surface area contributed by atoms with Crippen molar-refractivity contribution in [2.45, 2.75) is 4.90 Å². The minimum absolute atomic E-state index is 0.0430. The van der Waals surface area contributed by atoms with Crippen LogP contribution < -0.4 is 4.72 Å². The number of carboxylic acid groups (broad SMARTS) is 1. The van der Waals surface area contributed by atoms with Crippen molar-refractivity contribution in [3.8, 4) is 0 Å². The number of sulfonamides is 1. The van der Waals surface area contributed by atoms with Crippen LogP contribution in [0.15, 0.2) is 51.8 Å². The fraction of sp³-hybridized carbons (Fsp3) is 0. The Labute approximate surface area is 128 Å². The topological polar surface area (TPSA) is 83.5 Å². The van der Waals surface area contributed by atoms with Gasteiger partial charge in [-0.05, 0) is 36.4 Å². The van der Waals surface area contributed by atoms with Crippen molar-refractivity contribution < 1.29 is 22.7 Å². The van der Waals surface area contributed by atoms with Crippen LogP contribution >= 0.6 is 15.9 Å². The van der Waals surface area contributed by atoms with Crippen LogP contribution in [0.2, 0.25) is 0 Å². The third-order valence-electron chi connectivity index (χ3n) is 2.57. The summed E-state index contributed by atoms with van der Waals surface area (Å²) in [5.41, 5.74) is -0.585. The lowest BCUT2D eigenvalue weighted by Crippen LogP contribution is -2.14. The summed E-state index contributed by atoms with van der Waals surface area (Å²) in [5, 5.41) is 8.73. The van der Waals surface area contributed by atoms with Gasteiger partial charge in [-0.3, -0.25) is 4.72 Å². The molecule has 2 aromatic rings. The largest absolute Gasteiger partial charge is 0.478 e. The molecule has 2 rings (SSSR count). The highest BCUT2D eigenvalue weighted by Gasteiger charge is 2.17. The lowest BCUT2D eigenvalue weighted by atomic mass is 10.2. The Morgan fingerprint density at radius 2 is 1.90 bits per heavy atom. The molecular formula is C13H9BrFNO4S. The van der Waals surface area contributed by atoms with Gasteiger partial charge in [0.1, 0.15) is 5.82 Å². The molecule has 0 radical (unpaired) electrons. The highest BCUT2D eigenvalue weighted by Crippen LogP contribution is 2.22. The van der Waals surface area contributed by atoms with Gasteiger partial charge in [-0.15, -0.1) is 0 Å². The van der Waals surface area contributed by atoms with Crippen molar-refractivity contribution in [2.24, 2.45) is 0 Å². The summed E-state index contributed by atoms with van der Waals surface area (Å²) in [7, 11) is -3.96. The lowest BCUT2D eigenvalue weighted by Gasteiger charge is -2.09. The standard InChI is InChI=1S/C13H9BrFNO4S/c14-9-2-1-3-10(7-9)21(19,20)16-12-5-4-8(13(17)18)6-11(12)15/h1-7,16H,(H,17,18). The minimum atomic E-state index is -3.96. The second-order valence-electron chi connectivity index (χ2n) is 4.06. The van der Waals surface area contributed by atoms with Crippen LogP contribution in [-0.2, 0) is 10.0 Å². The number of nitrogens with one attached hydrogen (secondary N) is 1. The zero-order chi connectivity index (χ0) is 15.6. The van der Waals surface area contributed by atoms with Gasteiger partial charge >= 0.3 is 5.97 Å². The molecule has 0 aromatic heterocycles. The van der Waals surface area contributed by atoms with Crippen molar-refractivity contribution in [3.05, 3.63) is 58.3 Å². The smallest absolute Gasteiger partial charge is 0.335 e. The van der Waals surface area contributed by atoms with Crippen LogP contribution in [0.5, 0.6) is 0 Å². The molecule has 0 saturated carbocycles. The number of hydrogen-bond acceptors (Lipinski definition) is 3. The summed E-state index contributed by atoms with van der Waals surface area (Å²) < 4.78 is 40.6. The Bertz CT molecular complexity index is 808. The third kappa shape index (κ3) is 3.59. The first kappa shape index (κ1) is 15.5. The molecule has 2 aromatic carbocycles. The molecule has 0 aliphatic rings. The molecule has 0 amide bonds. The van der Waals surface area contributed by atoms with E-state index in [-0.39, 0.29) is 16.1 Å². The zero-order valence-electron chi connectivity index (χ0n) is 10.4. The molecule has 8 heteroatoms. The van der Waals surface area contributed by atoms with Crippen LogP contribution in [0.4, 0.5) is 10.1 Å². The maximum absolute atomic E-state index is 13.7. The Hall–Kier alpha value is -1.93. The third-order valence-corrected chi connectivity index (χ3v) is 4.42. The van der Waals surface area contributed by atoms with E-state index in [9.17, 15) is 17.6 Å². The van der Waals surface area contributed by atoms with E-state index in [4.69, 9.17) is 5.11 Å². The van der Waals surface area contributed by atoms with Gasteiger partial charge < -0.3 is 5.11 Å². The second-order valence-corrected chi connectivity index (χ2v) is 6.66. The molecule has 0 aliphatic carbocycles. The van der Waals surface area contributed by atoms with Crippen molar-refractivity contribution in [3.63, 3.8) is 0 Å². The molecule has 0 saturated heterocycles. The molecule has 2 N–H and O–H groups in total. The van der Waals surface area contributed by atoms with Gasteiger partial charge in [0.15, 0.2) is 0 Å². The van der Waals surface area contributed by atoms with Crippen LogP contribution in [-0.4, -0.2) is 19.5 Å². The van der Waals surface area contributed by atoms with Gasteiger partial charge in [-0.25, -0.2) is 17.6 Å². The monoisotopic (exact) mass is 373 g/mol. The van der Waals surface area contributed by atoms with Crippen molar-refractivity contribution in [1.82, 2.24) is 0 Å². The Kier molecular flexibility index (Phi) is 4.29. The predicted molar refractivity (Wildman–Crippen MR) is 78.3 cm³/mol. The fourth-order valence-corrected chi connectivity index (χ4v) is 3.23. The van der Waals surface area contributed by atoms with E-state index < -0.39 is 21.8 Å². The summed E-state index contributed by atoms with van der Waals surface area (Å²) in [6.45, 7) is 0. The normalized spacial score (nSPS) is 11.1. The minimum Gasteiger partial charge on any atom is -0.478 e. The quantitative estimate of drug-likeness (QED) is 0.862. The number of aromatic carboxylic acids is 1. The van der Waals surface area contributed by atoms with E-state index in [0.717, 1.165) is 18.2 Å². The average Bonchev–Trinajstić information content (AvgIpc) is 2.40. The van der Waals surface area contributed by atoms with Crippen LogP contribution in [0.3, 0.4) is 0 Å². The van der Waals surface area contributed by atoms with E-state index >= 15 is 0 Å². The SMILES string of the molecule is O=C(O)c1ccc(NS(=O)(=O)c2cccc(Br)c2)c(F)c1. The Balaban J connectivity index is 2.35. The van der Waals surface area contributed by atoms with E-state index in [0.29, 0.717) is 4.47 Å². The highest BCUT2D eigenvalue weighted by atomic mass is 79.9. The van der Waals surface area contributed by atoms with Gasteiger partial charge in [-0.2, -0.15) is 0 Å².